The van der Waals surface area contributed by atoms with E-state index in [1.54, 1.807) is 33.2 Å². The Hall–Kier alpha value is -2.35. The molecular weight excluding hydrogens is 579 g/mol. The third-order valence-corrected chi connectivity index (χ3v) is 9.77. The van der Waals surface area contributed by atoms with Gasteiger partial charge in [0.05, 0.1) is 15.4 Å². The molecule has 1 aliphatic rings. The van der Waals surface area contributed by atoms with Gasteiger partial charge in [-0.1, -0.05) is 24.4 Å². The van der Waals surface area contributed by atoms with Gasteiger partial charge in [-0.05, 0) is 68.5 Å². The summed E-state index contributed by atoms with van der Waals surface area (Å²) < 4.78 is 44.1. The molecule has 3 N–H and O–H groups in total. The van der Waals surface area contributed by atoms with E-state index >= 15 is 4.39 Å². The van der Waals surface area contributed by atoms with Crippen LogP contribution in [-0.4, -0.2) is 74.0 Å². The Kier molecular flexibility index (Phi) is 11.3. The molecule has 13 heteroatoms. The van der Waals surface area contributed by atoms with Crippen molar-refractivity contribution >= 4 is 56.0 Å². The third-order valence-electron chi connectivity index (χ3n) is 6.66. The summed E-state index contributed by atoms with van der Waals surface area (Å²) in [5.74, 6) is -1.63. The molecule has 0 spiro atoms. The number of aliphatic hydroxyl groups is 1. The molecule has 3 rings (SSSR count). The molecule has 2 aromatic rings. The molecule has 2 amide bonds. The minimum Gasteiger partial charge on any atom is -0.379 e. The quantitative estimate of drug-likeness (QED) is 0.257. The molecule has 2 heterocycles. The number of halogens is 2. The van der Waals surface area contributed by atoms with Crippen LogP contribution in [0.1, 0.15) is 60.7 Å². The number of hydrogen-bond acceptors (Lipinski definition) is 7. The van der Waals surface area contributed by atoms with Crippen molar-refractivity contribution in [1.29, 1.82) is 0 Å². The number of carbonyl (C=O) groups excluding carboxylic acids is 2. The number of aliphatic hydroxyl groups excluding tert-OH is 1. The van der Waals surface area contributed by atoms with Crippen LogP contribution in [0.2, 0.25) is 4.34 Å². The molecule has 1 saturated heterocycles. The molecule has 1 aliphatic heterocycles. The zero-order valence-electron chi connectivity index (χ0n) is 22.8. The average molecular weight is 615 g/mol. The van der Waals surface area contributed by atoms with E-state index in [-0.39, 0.29) is 36.7 Å². The van der Waals surface area contributed by atoms with Crippen LogP contribution in [0.25, 0.3) is 5.57 Å². The Morgan fingerprint density at radius 2 is 1.95 bits per heavy atom. The monoisotopic (exact) mass is 614 g/mol. The van der Waals surface area contributed by atoms with Crippen LogP contribution < -0.4 is 10.6 Å². The number of hydrogen-bond donors (Lipinski definition) is 2. The largest absolute Gasteiger partial charge is 0.379 e. The number of nitrogens with two attached hydrogens (primary N) is 1. The second kappa shape index (κ2) is 14.0. The van der Waals surface area contributed by atoms with Gasteiger partial charge in [-0.15, -0.1) is 11.3 Å². The molecule has 1 aromatic carbocycles. The Morgan fingerprint density at radius 1 is 1.25 bits per heavy atom. The zero-order valence-corrected chi connectivity index (χ0v) is 25.2. The van der Waals surface area contributed by atoms with Crippen molar-refractivity contribution in [3.05, 3.63) is 56.3 Å². The summed E-state index contributed by atoms with van der Waals surface area (Å²) in [7, 11) is -0.927. The predicted molar refractivity (Wildman–Crippen MR) is 157 cm³/mol. The Labute approximate surface area is 244 Å². The molecule has 0 radical (unpaired) electrons. The van der Waals surface area contributed by atoms with Crippen LogP contribution in [0.5, 0.6) is 0 Å². The van der Waals surface area contributed by atoms with E-state index in [2.05, 4.69) is 0 Å². The van der Waals surface area contributed by atoms with Crippen LogP contribution in [0, 0.1) is 5.82 Å². The minimum absolute atomic E-state index is 0.000413. The molecule has 1 fully saturated rings. The summed E-state index contributed by atoms with van der Waals surface area (Å²) in [5.41, 5.74) is 6.02. The van der Waals surface area contributed by atoms with Crippen molar-refractivity contribution in [2.24, 2.45) is 5.73 Å². The molecule has 1 unspecified atom stereocenters. The van der Waals surface area contributed by atoms with Gasteiger partial charge in [-0.3, -0.25) is 9.59 Å². The zero-order chi connectivity index (χ0) is 29.6. The summed E-state index contributed by atoms with van der Waals surface area (Å²) in [6.07, 6.45) is 2.39. The fourth-order valence-electron chi connectivity index (χ4n) is 4.60. The molecule has 0 aliphatic carbocycles. The first-order valence-corrected chi connectivity index (χ1v) is 15.7. The standard InChI is InChI=1S/C27H36ClFN4O5S2/c1-18(23-11-12-24(28)39-23)17-40(37,38)33(14-7-5-4-6-8-25(30)34)22-13-15-32(27(22)36)21-10-9-19(16-20(21)29)26(35)31(2)3/h9-12,16-17,22,25,34H,4-8,13-15,30H2,1-3H3/b18-17+/t22-,25?/m0/s1. The highest BCUT2D eigenvalue weighted by atomic mass is 35.5. The lowest BCUT2D eigenvalue weighted by Crippen LogP contribution is -2.45. The number of allylic oxidation sites excluding steroid dienone is 1. The first-order valence-electron chi connectivity index (χ1n) is 13.0. The lowest BCUT2D eigenvalue weighted by molar-refractivity contribution is -0.120. The van der Waals surface area contributed by atoms with Gasteiger partial charge in [0.2, 0.25) is 15.9 Å². The summed E-state index contributed by atoms with van der Waals surface area (Å²) in [4.78, 5) is 29.0. The maximum absolute atomic E-state index is 15.1. The van der Waals surface area contributed by atoms with Crippen molar-refractivity contribution in [2.75, 3.05) is 32.1 Å². The predicted octanol–water partition coefficient (Wildman–Crippen LogP) is 4.27. The smallest absolute Gasteiger partial charge is 0.253 e. The first-order chi connectivity index (χ1) is 18.8. The number of rotatable bonds is 13. The fraction of sp³-hybridized carbons (Fsp3) is 0.481. The summed E-state index contributed by atoms with van der Waals surface area (Å²) in [6, 6.07) is 6.33. The fourth-order valence-corrected chi connectivity index (χ4v) is 7.33. The first kappa shape index (κ1) is 32.2. The maximum atomic E-state index is 15.1. The number of thiophene rings is 1. The van der Waals surface area contributed by atoms with Gasteiger partial charge in [-0.25, -0.2) is 12.8 Å². The van der Waals surface area contributed by atoms with Gasteiger partial charge in [0, 0.05) is 37.6 Å². The number of benzene rings is 1. The van der Waals surface area contributed by atoms with E-state index in [1.165, 1.54) is 37.6 Å². The van der Waals surface area contributed by atoms with Crippen LogP contribution in [-0.2, 0) is 14.8 Å². The SMILES string of the molecule is C/C(=C\S(=O)(=O)N(CCCCCCC(N)O)[C@H]1CCN(c2ccc(C(=O)N(C)C)cc2F)C1=O)c1ccc(Cl)s1. The minimum atomic E-state index is -4.04. The van der Waals surface area contributed by atoms with Crippen molar-refractivity contribution in [1.82, 2.24) is 9.21 Å². The van der Waals surface area contributed by atoms with Gasteiger partial charge in [0.25, 0.3) is 5.91 Å². The lowest BCUT2D eigenvalue weighted by atomic mass is 10.1. The Bertz CT molecular complexity index is 1350. The van der Waals surface area contributed by atoms with Gasteiger partial charge < -0.3 is 20.6 Å². The van der Waals surface area contributed by atoms with Crippen LogP contribution in [0.4, 0.5) is 10.1 Å². The van der Waals surface area contributed by atoms with E-state index in [4.69, 9.17) is 17.3 Å². The van der Waals surface area contributed by atoms with Crippen molar-refractivity contribution < 1.29 is 27.5 Å². The molecule has 220 valence electrons. The molecule has 1 aromatic heterocycles. The number of carbonyl (C=O) groups is 2. The number of amides is 2. The number of nitrogens with zero attached hydrogens (tertiary/aromatic N) is 3. The third kappa shape index (κ3) is 8.11. The van der Waals surface area contributed by atoms with E-state index in [1.807, 2.05) is 0 Å². The summed E-state index contributed by atoms with van der Waals surface area (Å²) in [5, 5.41) is 10.4. The topological polar surface area (TPSA) is 124 Å². The molecule has 9 nitrogen and oxygen atoms in total. The van der Waals surface area contributed by atoms with Gasteiger partial charge in [-0.2, -0.15) is 4.31 Å². The van der Waals surface area contributed by atoms with Gasteiger partial charge >= 0.3 is 0 Å². The van der Waals surface area contributed by atoms with Gasteiger partial charge in [0.1, 0.15) is 18.1 Å². The normalized spacial score (nSPS) is 17.1. The average Bonchev–Trinajstić information content (AvgIpc) is 3.48. The molecule has 40 heavy (non-hydrogen) atoms. The van der Waals surface area contributed by atoms with E-state index in [0.717, 1.165) is 17.9 Å². The van der Waals surface area contributed by atoms with Crippen molar-refractivity contribution in [3.8, 4) is 0 Å². The van der Waals surface area contributed by atoms with Gasteiger partial charge in [0.15, 0.2) is 0 Å². The highest BCUT2D eigenvalue weighted by molar-refractivity contribution is 7.92. The van der Waals surface area contributed by atoms with E-state index < -0.39 is 34.0 Å². The lowest BCUT2D eigenvalue weighted by Gasteiger charge is -2.26. The highest BCUT2D eigenvalue weighted by Gasteiger charge is 2.41. The van der Waals surface area contributed by atoms with Crippen molar-refractivity contribution in [2.45, 2.75) is 57.7 Å². The molecule has 2 atom stereocenters. The van der Waals surface area contributed by atoms with E-state index in [9.17, 15) is 23.1 Å². The van der Waals surface area contributed by atoms with Crippen LogP contribution in [0.15, 0.2) is 35.7 Å². The maximum Gasteiger partial charge on any atom is 0.253 e. The van der Waals surface area contributed by atoms with Crippen LogP contribution in [0.3, 0.4) is 0 Å². The highest BCUT2D eigenvalue weighted by Crippen LogP contribution is 2.32. The van der Waals surface area contributed by atoms with Crippen LogP contribution >= 0.6 is 22.9 Å². The second-order valence-electron chi connectivity index (χ2n) is 9.99. The summed E-state index contributed by atoms with van der Waals surface area (Å²) in [6.45, 7) is 1.90. The second-order valence-corrected chi connectivity index (χ2v) is 13.4. The molecular formula is C27H36ClFN4O5S2. The van der Waals surface area contributed by atoms with E-state index in [0.29, 0.717) is 40.5 Å². The molecule has 0 saturated carbocycles. The van der Waals surface area contributed by atoms with Crippen molar-refractivity contribution in [3.63, 3.8) is 0 Å². The summed E-state index contributed by atoms with van der Waals surface area (Å²) >= 11 is 7.28. The number of anilines is 1. The number of unbranched alkanes of at least 4 members (excludes halogenated alkanes) is 3. The number of sulfonamides is 1. The Morgan fingerprint density at radius 3 is 2.55 bits per heavy atom. The Balaban J connectivity index is 1.84. The molecule has 0 bridgehead atoms.